The van der Waals surface area contributed by atoms with Gasteiger partial charge in [-0.1, -0.05) is 12.1 Å². The Morgan fingerprint density at radius 1 is 1.19 bits per heavy atom. The number of amides is 1. The van der Waals surface area contributed by atoms with E-state index >= 15 is 0 Å². The Morgan fingerprint density at radius 2 is 1.81 bits per heavy atom. The molecule has 1 fully saturated rings. The minimum Gasteiger partial charge on any atom is -0.366 e. The zero-order valence-corrected chi connectivity index (χ0v) is 18.2. The minimum absolute atomic E-state index is 0. The van der Waals surface area contributed by atoms with Crippen LogP contribution in [0, 0.1) is 5.82 Å². The maximum atomic E-state index is 13.9. The number of nitrogens with one attached hydrogen (secondary N) is 2. The average Bonchev–Trinajstić information content (AvgIpc) is 2.55. The van der Waals surface area contributed by atoms with Crippen LogP contribution in [0.3, 0.4) is 0 Å². The SMILES string of the molecule is CN=C(NCC(=O)NC(C)(C)C)N1CCN(c2ccccc2F)CC1.I. The summed E-state index contributed by atoms with van der Waals surface area (Å²) < 4.78 is 13.9. The van der Waals surface area contributed by atoms with Crippen molar-refractivity contribution < 1.29 is 9.18 Å². The van der Waals surface area contributed by atoms with E-state index < -0.39 is 0 Å². The molecule has 1 aromatic carbocycles. The number of halogens is 2. The van der Waals surface area contributed by atoms with Crippen molar-refractivity contribution in [2.45, 2.75) is 26.3 Å². The second-order valence-electron chi connectivity index (χ2n) is 7.12. The van der Waals surface area contributed by atoms with Gasteiger partial charge in [-0.05, 0) is 32.9 Å². The number of carbonyl (C=O) groups excluding carboxylic acids is 1. The van der Waals surface area contributed by atoms with E-state index in [0.29, 0.717) is 24.7 Å². The van der Waals surface area contributed by atoms with Crippen LogP contribution in [0.25, 0.3) is 0 Å². The summed E-state index contributed by atoms with van der Waals surface area (Å²) in [7, 11) is 1.70. The maximum absolute atomic E-state index is 13.9. The van der Waals surface area contributed by atoms with Gasteiger partial charge in [0.2, 0.25) is 5.91 Å². The van der Waals surface area contributed by atoms with Crippen LogP contribution in [-0.4, -0.2) is 62.1 Å². The molecule has 8 heteroatoms. The Balaban J connectivity index is 0.00000338. The molecule has 6 nitrogen and oxygen atoms in total. The summed E-state index contributed by atoms with van der Waals surface area (Å²) in [5, 5.41) is 6.01. The van der Waals surface area contributed by atoms with E-state index in [0.717, 1.165) is 13.1 Å². The van der Waals surface area contributed by atoms with E-state index in [1.165, 1.54) is 6.07 Å². The van der Waals surface area contributed by atoms with Gasteiger partial charge in [-0.15, -0.1) is 24.0 Å². The van der Waals surface area contributed by atoms with E-state index in [1.54, 1.807) is 19.2 Å². The molecular formula is C18H29FIN5O. The van der Waals surface area contributed by atoms with Crippen LogP contribution in [0.2, 0.25) is 0 Å². The summed E-state index contributed by atoms with van der Waals surface area (Å²) in [4.78, 5) is 20.3. The third-order valence-corrected chi connectivity index (χ3v) is 3.91. The van der Waals surface area contributed by atoms with Crippen molar-refractivity contribution in [1.82, 2.24) is 15.5 Å². The number of hydrogen-bond donors (Lipinski definition) is 2. The van der Waals surface area contributed by atoms with Crippen LogP contribution in [-0.2, 0) is 4.79 Å². The van der Waals surface area contributed by atoms with Gasteiger partial charge in [-0.3, -0.25) is 9.79 Å². The molecule has 0 radical (unpaired) electrons. The topological polar surface area (TPSA) is 60.0 Å². The highest BCUT2D eigenvalue weighted by Gasteiger charge is 2.22. The lowest BCUT2D eigenvalue weighted by molar-refractivity contribution is -0.121. The van der Waals surface area contributed by atoms with Gasteiger partial charge in [0.15, 0.2) is 5.96 Å². The van der Waals surface area contributed by atoms with Crippen molar-refractivity contribution in [3.63, 3.8) is 0 Å². The highest BCUT2D eigenvalue weighted by atomic mass is 127. The van der Waals surface area contributed by atoms with Gasteiger partial charge in [0.1, 0.15) is 5.82 Å². The summed E-state index contributed by atoms with van der Waals surface area (Å²) in [6.07, 6.45) is 0. The fourth-order valence-electron chi connectivity index (χ4n) is 2.82. The van der Waals surface area contributed by atoms with Crippen molar-refractivity contribution in [2.24, 2.45) is 4.99 Å². The number of piperazine rings is 1. The lowest BCUT2D eigenvalue weighted by Crippen LogP contribution is -2.54. The van der Waals surface area contributed by atoms with Gasteiger partial charge in [-0.2, -0.15) is 0 Å². The minimum atomic E-state index is -0.256. The number of guanidine groups is 1. The number of hydrogen-bond acceptors (Lipinski definition) is 3. The maximum Gasteiger partial charge on any atom is 0.239 e. The number of benzene rings is 1. The van der Waals surface area contributed by atoms with E-state index in [1.807, 2.05) is 31.7 Å². The van der Waals surface area contributed by atoms with Crippen LogP contribution in [0.5, 0.6) is 0 Å². The van der Waals surface area contributed by atoms with Crippen molar-refractivity contribution in [3.8, 4) is 0 Å². The fraction of sp³-hybridized carbons (Fsp3) is 0.556. The lowest BCUT2D eigenvalue weighted by Gasteiger charge is -2.37. The van der Waals surface area contributed by atoms with Crippen LogP contribution in [0.15, 0.2) is 29.3 Å². The Kier molecular flexibility index (Phi) is 8.58. The number of nitrogens with zero attached hydrogens (tertiary/aromatic N) is 3. The Labute approximate surface area is 172 Å². The smallest absolute Gasteiger partial charge is 0.239 e. The molecule has 2 N–H and O–H groups in total. The van der Waals surface area contributed by atoms with E-state index in [2.05, 4.69) is 20.5 Å². The molecule has 2 rings (SSSR count). The largest absolute Gasteiger partial charge is 0.366 e. The number of para-hydroxylation sites is 1. The number of carbonyl (C=O) groups is 1. The van der Waals surface area contributed by atoms with Gasteiger partial charge in [0, 0.05) is 38.8 Å². The van der Waals surface area contributed by atoms with E-state index in [9.17, 15) is 9.18 Å². The van der Waals surface area contributed by atoms with Gasteiger partial charge in [-0.25, -0.2) is 4.39 Å². The zero-order valence-electron chi connectivity index (χ0n) is 15.9. The van der Waals surface area contributed by atoms with Crippen LogP contribution < -0.4 is 15.5 Å². The summed E-state index contributed by atoms with van der Waals surface area (Å²) in [5.74, 6) is 0.424. The van der Waals surface area contributed by atoms with Crippen molar-refractivity contribution in [3.05, 3.63) is 30.1 Å². The Bertz CT molecular complexity index is 624. The first-order valence-corrected chi connectivity index (χ1v) is 8.56. The molecule has 146 valence electrons. The van der Waals surface area contributed by atoms with E-state index in [4.69, 9.17) is 0 Å². The predicted molar refractivity (Wildman–Crippen MR) is 115 cm³/mol. The second kappa shape index (κ2) is 9.94. The molecule has 1 amide bonds. The molecule has 1 heterocycles. The van der Waals surface area contributed by atoms with Crippen LogP contribution >= 0.6 is 24.0 Å². The van der Waals surface area contributed by atoms with Crippen molar-refractivity contribution >= 4 is 41.5 Å². The highest BCUT2D eigenvalue weighted by Crippen LogP contribution is 2.20. The molecule has 0 atom stereocenters. The van der Waals surface area contributed by atoms with Gasteiger partial charge in [0.25, 0.3) is 0 Å². The molecule has 1 aliphatic rings. The fourth-order valence-corrected chi connectivity index (χ4v) is 2.82. The molecule has 1 aliphatic heterocycles. The van der Waals surface area contributed by atoms with Crippen molar-refractivity contribution in [1.29, 1.82) is 0 Å². The molecule has 0 saturated carbocycles. The van der Waals surface area contributed by atoms with Crippen LogP contribution in [0.1, 0.15) is 20.8 Å². The Hall–Kier alpha value is -1.58. The number of rotatable bonds is 3. The molecule has 0 bridgehead atoms. The highest BCUT2D eigenvalue weighted by molar-refractivity contribution is 14.0. The van der Waals surface area contributed by atoms with Gasteiger partial charge < -0.3 is 20.4 Å². The van der Waals surface area contributed by atoms with Crippen LogP contribution in [0.4, 0.5) is 10.1 Å². The summed E-state index contributed by atoms with van der Waals surface area (Å²) in [6, 6.07) is 6.83. The zero-order chi connectivity index (χ0) is 18.4. The number of anilines is 1. The summed E-state index contributed by atoms with van der Waals surface area (Å²) in [5.41, 5.74) is 0.378. The monoisotopic (exact) mass is 477 g/mol. The van der Waals surface area contributed by atoms with Gasteiger partial charge in [0.05, 0.1) is 12.2 Å². The molecule has 0 aromatic heterocycles. The first kappa shape index (κ1) is 22.5. The molecule has 0 unspecified atom stereocenters. The third-order valence-electron chi connectivity index (χ3n) is 3.91. The molecule has 26 heavy (non-hydrogen) atoms. The molecule has 0 aliphatic carbocycles. The second-order valence-corrected chi connectivity index (χ2v) is 7.12. The predicted octanol–water partition coefficient (Wildman–Crippen LogP) is 2.06. The number of aliphatic imine (C=N–C) groups is 1. The normalized spacial score (nSPS) is 15.3. The summed E-state index contributed by atoms with van der Waals surface area (Å²) >= 11 is 0. The third kappa shape index (κ3) is 6.62. The van der Waals surface area contributed by atoms with Gasteiger partial charge >= 0.3 is 0 Å². The van der Waals surface area contributed by atoms with E-state index in [-0.39, 0.29) is 47.8 Å². The molecular weight excluding hydrogens is 448 g/mol. The Morgan fingerprint density at radius 3 is 2.35 bits per heavy atom. The van der Waals surface area contributed by atoms with Crippen molar-refractivity contribution in [2.75, 3.05) is 44.7 Å². The molecule has 1 saturated heterocycles. The first-order chi connectivity index (χ1) is 11.8. The molecule has 1 aromatic rings. The standard InChI is InChI=1S/C18H28FN5O.HI/c1-18(2,3)22-16(25)13-21-17(20-4)24-11-9-23(10-12-24)15-8-6-5-7-14(15)19;/h5-8H,9-13H2,1-4H3,(H,20,21)(H,22,25);1H. The average molecular weight is 477 g/mol. The lowest BCUT2D eigenvalue weighted by atomic mass is 10.1. The first-order valence-electron chi connectivity index (χ1n) is 8.56. The molecule has 0 spiro atoms. The quantitative estimate of drug-likeness (QED) is 0.398. The summed E-state index contributed by atoms with van der Waals surface area (Å²) in [6.45, 7) is 8.86.